The van der Waals surface area contributed by atoms with Gasteiger partial charge in [0.1, 0.15) is 5.78 Å². The van der Waals surface area contributed by atoms with E-state index in [1.165, 1.54) is 19.3 Å². The molecule has 1 saturated heterocycles. The van der Waals surface area contributed by atoms with Crippen LogP contribution in [-0.2, 0) is 9.53 Å². The lowest BCUT2D eigenvalue weighted by atomic mass is 9.74. The molecule has 0 radical (unpaired) electrons. The molecule has 1 aliphatic heterocycles. The third-order valence-corrected chi connectivity index (χ3v) is 5.11. The van der Waals surface area contributed by atoms with Gasteiger partial charge >= 0.3 is 0 Å². The summed E-state index contributed by atoms with van der Waals surface area (Å²) in [7, 11) is 0. The highest BCUT2D eigenvalue weighted by molar-refractivity contribution is 5.81. The summed E-state index contributed by atoms with van der Waals surface area (Å²) in [6.07, 6.45) is 9.74. The number of carbonyl (C=O) groups excluding carboxylic acids is 1. The Balaban J connectivity index is 1.91. The first-order valence-corrected chi connectivity index (χ1v) is 8.06. The van der Waals surface area contributed by atoms with Gasteiger partial charge in [0, 0.05) is 18.9 Å². The molecule has 2 N–H and O–H groups in total. The summed E-state index contributed by atoms with van der Waals surface area (Å²) in [6.45, 7) is 3.53. The molecule has 0 amide bonds. The van der Waals surface area contributed by atoms with Gasteiger partial charge in [-0.2, -0.15) is 0 Å². The first-order chi connectivity index (χ1) is 9.19. The largest absolute Gasteiger partial charge is 0.375 e. The fourth-order valence-corrected chi connectivity index (χ4v) is 3.69. The second kappa shape index (κ2) is 6.85. The highest BCUT2D eigenvalue weighted by atomic mass is 16.5. The molecule has 0 aromatic rings. The van der Waals surface area contributed by atoms with Gasteiger partial charge in [0.05, 0.1) is 5.60 Å². The minimum Gasteiger partial charge on any atom is -0.375 e. The summed E-state index contributed by atoms with van der Waals surface area (Å²) in [4.78, 5) is 12.4. The van der Waals surface area contributed by atoms with E-state index in [1.54, 1.807) is 0 Å². The van der Waals surface area contributed by atoms with E-state index >= 15 is 0 Å². The highest BCUT2D eigenvalue weighted by Crippen LogP contribution is 2.41. The van der Waals surface area contributed by atoms with E-state index in [9.17, 15) is 4.79 Å². The van der Waals surface area contributed by atoms with Crippen LogP contribution in [0, 0.1) is 11.8 Å². The van der Waals surface area contributed by atoms with Crippen LogP contribution < -0.4 is 5.73 Å². The van der Waals surface area contributed by atoms with Gasteiger partial charge in [-0.3, -0.25) is 4.79 Å². The van der Waals surface area contributed by atoms with E-state index in [-0.39, 0.29) is 11.5 Å². The molecule has 1 aliphatic carbocycles. The van der Waals surface area contributed by atoms with Crippen LogP contribution in [0.2, 0.25) is 0 Å². The van der Waals surface area contributed by atoms with Gasteiger partial charge in [-0.1, -0.05) is 32.6 Å². The first kappa shape index (κ1) is 15.0. The van der Waals surface area contributed by atoms with E-state index in [2.05, 4.69) is 6.92 Å². The lowest BCUT2D eigenvalue weighted by Crippen LogP contribution is -2.43. The number of ketones is 1. The summed E-state index contributed by atoms with van der Waals surface area (Å²) >= 11 is 0. The molecule has 2 fully saturated rings. The molecule has 2 atom stereocenters. The predicted octanol–water partition coefficient (Wildman–Crippen LogP) is 3.06. The minimum absolute atomic E-state index is 0.0429. The van der Waals surface area contributed by atoms with E-state index in [1.807, 2.05) is 0 Å². The minimum atomic E-state index is 0.0429. The number of hydrogen-bond acceptors (Lipinski definition) is 3. The van der Waals surface area contributed by atoms with Gasteiger partial charge in [-0.25, -0.2) is 0 Å². The zero-order valence-electron chi connectivity index (χ0n) is 12.3. The number of ether oxygens (including phenoxy) is 1. The molecule has 2 aliphatic rings. The molecule has 0 aromatic heterocycles. The first-order valence-electron chi connectivity index (χ1n) is 8.06. The van der Waals surface area contributed by atoms with Crippen molar-refractivity contribution in [2.45, 2.75) is 70.3 Å². The van der Waals surface area contributed by atoms with Gasteiger partial charge < -0.3 is 10.5 Å². The van der Waals surface area contributed by atoms with E-state index in [0.29, 0.717) is 24.7 Å². The van der Waals surface area contributed by atoms with Gasteiger partial charge in [0.2, 0.25) is 0 Å². The molecule has 3 nitrogen and oxygen atoms in total. The Morgan fingerprint density at radius 2 is 2.11 bits per heavy atom. The third-order valence-electron chi connectivity index (χ3n) is 5.11. The number of carbonyl (C=O) groups is 1. The summed E-state index contributed by atoms with van der Waals surface area (Å²) < 4.78 is 6.07. The zero-order chi connectivity index (χ0) is 13.7. The lowest BCUT2D eigenvalue weighted by Gasteiger charge is -2.43. The van der Waals surface area contributed by atoms with Gasteiger partial charge in [-0.05, 0) is 38.1 Å². The molecule has 0 bridgehead atoms. The normalized spacial score (nSPS) is 28.2. The summed E-state index contributed by atoms with van der Waals surface area (Å²) in [6, 6.07) is 0. The Hall–Kier alpha value is -0.410. The predicted molar refractivity (Wildman–Crippen MR) is 77.0 cm³/mol. The molecule has 19 heavy (non-hydrogen) atoms. The molecule has 110 valence electrons. The maximum Gasteiger partial charge on any atom is 0.136 e. The van der Waals surface area contributed by atoms with Crippen molar-refractivity contribution in [3.05, 3.63) is 0 Å². The van der Waals surface area contributed by atoms with Crippen molar-refractivity contribution in [3.63, 3.8) is 0 Å². The van der Waals surface area contributed by atoms with Crippen LogP contribution in [0.25, 0.3) is 0 Å². The Bertz CT molecular complexity index is 288. The van der Waals surface area contributed by atoms with Gasteiger partial charge in [-0.15, -0.1) is 0 Å². The van der Waals surface area contributed by atoms with Crippen molar-refractivity contribution >= 4 is 5.78 Å². The summed E-state index contributed by atoms with van der Waals surface area (Å²) in [5.74, 6) is 1.04. The molecule has 0 aromatic carbocycles. The topological polar surface area (TPSA) is 52.3 Å². The Labute approximate surface area is 117 Å². The quantitative estimate of drug-likeness (QED) is 0.833. The van der Waals surface area contributed by atoms with Crippen molar-refractivity contribution in [1.29, 1.82) is 0 Å². The average Bonchev–Trinajstić information content (AvgIpc) is 2.45. The van der Waals surface area contributed by atoms with Crippen LogP contribution in [0.4, 0.5) is 0 Å². The number of rotatable bonds is 5. The summed E-state index contributed by atoms with van der Waals surface area (Å²) in [5, 5.41) is 0. The zero-order valence-corrected chi connectivity index (χ0v) is 12.3. The molecule has 1 heterocycles. The van der Waals surface area contributed by atoms with E-state index in [0.717, 1.165) is 38.7 Å². The third kappa shape index (κ3) is 3.79. The van der Waals surface area contributed by atoms with E-state index in [4.69, 9.17) is 10.5 Å². The van der Waals surface area contributed by atoms with E-state index < -0.39 is 0 Å². The smallest absolute Gasteiger partial charge is 0.136 e. The Morgan fingerprint density at radius 3 is 2.74 bits per heavy atom. The van der Waals surface area contributed by atoms with Crippen molar-refractivity contribution in [2.24, 2.45) is 17.6 Å². The molecular weight excluding hydrogens is 238 g/mol. The second-order valence-electron chi connectivity index (χ2n) is 6.46. The number of nitrogens with two attached hydrogens (primary N) is 1. The summed E-state index contributed by atoms with van der Waals surface area (Å²) in [5.41, 5.74) is 5.76. The number of Topliss-reactive ketones (excluding diaryl/α,β-unsaturated/α-hetero) is 1. The maximum atomic E-state index is 12.4. The molecule has 1 spiro atoms. The fourth-order valence-electron chi connectivity index (χ4n) is 3.69. The van der Waals surface area contributed by atoms with Crippen molar-refractivity contribution in [3.8, 4) is 0 Å². The van der Waals surface area contributed by atoms with Crippen LogP contribution in [0.1, 0.15) is 64.7 Å². The van der Waals surface area contributed by atoms with Crippen molar-refractivity contribution in [2.75, 3.05) is 13.2 Å². The second-order valence-corrected chi connectivity index (χ2v) is 6.46. The van der Waals surface area contributed by atoms with Crippen molar-refractivity contribution < 1.29 is 9.53 Å². The molecule has 2 rings (SSSR count). The van der Waals surface area contributed by atoms with Crippen molar-refractivity contribution in [1.82, 2.24) is 0 Å². The van der Waals surface area contributed by atoms with Gasteiger partial charge in [0.15, 0.2) is 0 Å². The molecule has 2 unspecified atom stereocenters. The van der Waals surface area contributed by atoms with Crippen LogP contribution in [0.3, 0.4) is 0 Å². The van der Waals surface area contributed by atoms with Crippen LogP contribution in [-0.4, -0.2) is 24.5 Å². The molecular formula is C16H29NO2. The average molecular weight is 267 g/mol. The molecule has 1 saturated carbocycles. The Kier molecular flexibility index (Phi) is 5.40. The van der Waals surface area contributed by atoms with Crippen LogP contribution in [0.5, 0.6) is 0 Å². The SMILES string of the molecule is CCC(CN)CC(=O)C1CCOC2(CCCCC2)C1. The molecule has 3 heteroatoms. The monoisotopic (exact) mass is 267 g/mol. The van der Waals surface area contributed by atoms with Crippen LogP contribution >= 0.6 is 0 Å². The van der Waals surface area contributed by atoms with Gasteiger partial charge in [0.25, 0.3) is 0 Å². The lowest BCUT2D eigenvalue weighted by molar-refractivity contribution is -0.143. The van der Waals surface area contributed by atoms with Crippen LogP contribution in [0.15, 0.2) is 0 Å². The number of hydrogen-bond donors (Lipinski definition) is 1. The highest BCUT2D eigenvalue weighted by Gasteiger charge is 2.40. The standard InChI is InChI=1S/C16H29NO2/c1-2-13(12-17)10-15(18)14-6-9-19-16(11-14)7-4-3-5-8-16/h13-14H,2-12,17H2,1H3. The fraction of sp³-hybridized carbons (Fsp3) is 0.938. The Morgan fingerprint density at radius 1 is 1.37 bits per heavy atom. The maximum absolute atomic E-state index is 12.4.